The molecule has 1 aliphatic rings. The maximum absolute atomic E-state index is 11.4. The lowest BCUT2D eigenvalue weighted by Crippen LogP contribution is -2.32. The first-order valence-electron chi connectivity index (χ1n) is 7.17. The minimum atomic E-state index is -3.10. The number of hydrogen-bond donors (Lipinski definition) is 1. The van der Waals surface area contributed by atoms with E-state index < -0.39 is 9.84 Å². The molecule has 20 heavy (non-hydrogen) atoms. The highest BCUT2D eigenvalue weighted by Gasteiger charge is 2.17. The van der Waals surface area contributed by atoms with E-state index in [0.29, 0.717) is 10.9 Å². The van der Waals surface area contributed by atoms with Crippen LogP contribution >= 0.6 is 0 Å². The summed E-state index contributed by atoms with van der Waals surface area (Å²) in [6.07, 6.45) is 4.87. The van der Waals surface area contributed by atoms with Crippen molar-refractivity contribution in [3.63, 3.8) is 0 Å². The minimum Gasteiger partial charge on any atom is -0.317 e. The van der Waals surface area contributed by atoms with E-state index in [1.165, 1.54) is 25.5 Å². The van der Waals surface area contributed by atoms with Crippen molar-refractivity contribution >= 4 is 9.84 Å². The first-order chi connectivity index (χ1) is 9.47. The second-order valence-corrected chi connectivity index (χ2v) is 7.68. The predicted octanol–water partition coefficient (Wildman–Crippen LogP) is 1.66. The number of rotatable bonds is 4. The molecule has 0 saturated carbocycles. The van der Waals surface area contributed by atoms with Crippen molar-refractivity contribution in [2.45, 2.75) is 36.7 Å². The third-order valence-electron chi connectivity index (χ3n) is 3.95. The Bertz CT molecular complexity index is 517. The van der Waals surface area contributed by atoms with Crippen LogP contribution in [-0.2, 0) is 16.4 Å². The average molecular weight is 296 g/mol. The largest absolute Gasteiger partial charge is 0.317 e. The fraction of sp³-hybridized carbons (Fsp3) is 0.600. The van der Waals surface area contributed by atoms with E-state index in [0.717, 1.165) is 25.2 Å². The number of nitrogens with zero attached hydrogens (tertiary/aromatic N) is 1. The Hall–Kier alpha value is -0.910. The second-order valence-electron chi connectivity index (χ2n) is 5.67. The highest BCUT2D eigenvalue weighted by Crippen LogP contribution is 2.16. The molecular formula is C15H24N2O2S. The Morgan fingerprint density at radius 1 is 1.20 bits per heavy atom. The van der Waals surface area contributed by atoms with Crippen molar-refractivity contribution < 1.29 is 8.42 Å². The molecule has 1 heterocycles. The van der Waals surface area contributed by atoms with Crippen molar-refractivity contribution in [2.24, 2.45) is 0 Å². The van der Waals surface area contributed by atoms with Gasteiger partial charge in [0.25, 0.3) is 0 Å². The van der Waals surface area contributed by atoms with Gasteiger partial charge in [-0.3, -0.25) is 4.90 Å². The quantitative estimate of drug-likeness (QED) is 0.918. The van der Waals surface area contributed by atoms with Gasteiger partial charge in [-0.25, -0.2) is 8.42 Å². The lowest BCUT2D eigenvalue weighted by atomic mass is 10.1. The van der Waals surface area contributed by atoms with Crippen LogP contribution in [0.3, 0.4) is 0 Å². The predicted molar refractivity (Wildman–Crippen MR) is 81.5 cm³/mol. The lowest BCUT2D eigenvalue weighted by Gasteiger charge is -2.26. The summed E-state index contributed by atoms with van der Waals surface area (Å²) in [5, 5.41) is 3.43. The molecule has 1 atom stereocenters. The maximum Gasteiger partial charge on any atom is 0.175 e. The molecule has 112 valence electrons. The highest BCUT2D eigenvalue weighted by molar-refractivity contribution is 7.90. The molecule has 5 heteroatoms. The van der Waals surface area contributed by atoms with Gasteiger partial charge in [-0.05, 0) is 57.1 Å². The van der Waals surface area contributed by atoms with Crippen LogP contribution in [0.5, 0.6) is 0 Å². The Morgan fingerprint density at radius 2 is 1.90 bits per heavy atom. The van der Waals surface area contributed by atoms with Crippen LogP contribution in [0.15, 0.2) is 29.2 Å². The average Bonchev–Trinajstić information content (AvgIpc) is 2.67. The van der Waals surface area contributed by atoms with Crippen molar-refractivity contribution in [2.75, 3.05) is 26.4 Å². The topological polar surface area (TPSA) is 49.4 Å². The van der Waals surface area contributed by atoms with Gasteiger partial charge in [-0.1, -0.05) is 12.1 Å². The minimum absolute atomic E-state index is 0.391. The van der Waals surface area contributed by atoms with E-state index >= 15 is 0 Å². The molecule has 1 unspecified atom stereocenters. The maximum atomic E-state index is 11.4. The van der Waals surface area contributed by atoms with Crippen molar-refractivity contribution in [3.8, 4) is 0 Å². The summed E-state index contributed by atoms with van der Waals surface area (Å²) in [6, 6.07) is 7.85. The molecule has 1 fully saturated rings. The Kier molecular flexibility index (Phi) is 5.18. The highest BCUT2D eigenvalue weighted by atomic mass is 32.2. The van der Waals surface area contributed by atoms with Crippen molar-refractivity contribution in [1.82, 2.24) is 10.2 Å². The number of hydrogen-bond acceptors (Lipinski definition) is 4. The van der Waals surface area contributed by atoms with Crippen molar-refractivity contribution in [1.29, 1.82) is 0 Å². The van der Waals surface area contributed by atoms with Crippen molar-refractivity contribution in [3.05, 3.63) is 29.8 Å². The zero-order chi connectivity index (χ0) is 14.6. The van der Waals surface area contributed by atoms with E-state index in [1.807, 2.05) is 12.1 Å². The molecule has 4 nitrogen and oxygen atoms in total. The van der Waals surface area contributed by atoms with Gasteiger partial charge in [0.1, 0.15) is 0 Å². The molecule has 0 amide bonds. The normalized spacial score (nSPS) is 20.9. The van der Waals surface area contributed by atoms with Crippen LogP contribution in [0.1, 0.15) is 24.8 Å². The SMILES string of the molecule is CN(Cc1ccc(S(C)(=O)=O)cc1)C1CCCNCC1. The summed E-state index contributed by atoms with van der Waals surface area (Å²) in [5.41, 5.74) is 1.16. The molecule has 1 aromatic rings. The van der Waals surface area contributed by atoms with E-state index in [1.54, 1.807) is 12.1 Å². The molecule has 0 bridgehead atoms. The molecule has 0 aromatic heterocycles. The molecule has 1 aliphatic heterocycles. The van der Waals surface area contributed by atoms with E-state index in [4.69, 9.17) is 0 Å². The molecular weight excluding hydrogens is 272 g/mol. The number of benzene rings is 1. The smallest absolute Gasteiger partial charge is 0.175 e. The molecule has 0 spiro atoms. The second kappa shape index (κ2) is 6.70. The van der Waals surface area contributed by atoms with E-state index in [-0.39, 0.29) is 0 Å². The van der Waals surface area contributed by atoms with Gasteiger partial charge in [0.2, 0.25) is 0 Å². The molecule has 1 saturated heterocycles. The standard InChI is InChI=1S/C15H24N2O2S/c1-17(14-4-3-10-16-11-9-14)12-13-5-7-15(8-6-13)20(2,18)19/h5-8,14,16H,3-4,9-12H2,1-2H3. The van der Waals surface area contributed by atoms with Gasteiger partial charge in [0, 0.05) is 18.8 Å². The van der Waals surface area contributed by atoms with Crippen LogP contribution in [0.2, 0.25) is 0 Å². The summed E-state index contributed by atoms with van der Waals surface area (Å²) >= 11 is 0. The first kappa shape index (κ1) is 15.5. The van der Waals surface area contributed by atoms with Gasteiger partial charge in [0.15, 0.2) is 9.84 Å². The molecule has 0 aliphatic carbocycles. The monoisotopic (exact) mass is 296 g/mol. The molecule has 1 aromatic carbocycles. The lowest BCUT2D eigenvalue weighted by molar-refractivity contribution is 0.216. The first-order valence-corrected chi connectivity index (χ1v) is 9.06. The van der Waals surface area contributed by atoms with Gasteiger partial charge in [-0.2, -0.15) is 0 Å². The fourth-order valence-corrected chi connectivity index (χ4v) is 3.33. The molecule has 2 rings (SSSR count). The van der Waals surface area contributed by atoms with Gasteiger partial charge < -0.3 is 5.32 Å². The van der Waals surface area contributed by atoms with E-state index in [2.05, 4.69) is 17.3 Å². The summed E-state index contributed by atoms with van der Waals surface area (Å²) in [7, 11) is -0.942. The van der Waals surface area contributed by atoms with Gasteiger partial charge >= 0.3 is 0 Å². The Balaban J connectivity index is 1.98. The van der Waals surface area contributed by atoms with Crippen LogP contribution in [0.25, 0.3) is 0 Å². The van der Waals surface area contributed by atoms with Crippen LogP contribution < -0.4 is 5.32 Å². The summed E-state index contributed by atoms with van der Waals surface area (Å²) in [4.78, 5) is 2.77. The Labute approximate surface area is 122 Å². The summed E-state index contributed by atoms with van der Waals surface area (Å²) in [5.74, 6) is 0. The van der Waals surface area contributed by atoms with Crippen LogP contribution in [0, 0.1) is 0 Å². The van der Waals surface area contributed by atoms with E-state index in [9.17, 15) is 8.42 Å². The van der Waals surface area contributed by atoms with Gasteiger partial charge in [-0.15, -0.1) is 0 Å². The third-order valence-corrected chi connectivity index (χ3v) is 5.08. The van der Waals surface area contributed by atoms with Crippen LogP contribution in [-0.4, -0.2) is 45.8 Å². The summed E-state index contributed by atoms with van der Waals surface area (Å²) in [6.45, 7) is 3.07. The number of nitrogens with one attached hydrogen (secondary N) is 1. The number of sulfone groups is 1. The fourth-order valence-electron chi connectivity index (χ4n) is 2.70. The Morgan fingerprint density at radius 3 is 2.55 bits per heavy atom. The molecule has 1 N–H and O–H groups in total. The zero-order valence-electron chi connectivity index (χ0n) is 12.3. The zero-order valence-corrected chi connectivity index (χ0v) is 13.1. The van der Waals surface area contributed by atoms with Gasteiger partial charge in [0.05, 0.1) is 4.90 Å². The van der Waals surface area contributed by atoms with Crippen LogP contribution in [0.4, 0.5) is 0 Å². The third kappa shape index (κ3) is 4.30. The summed E-state index contributed by atoms with van der Waals surface area (Å²) < 4.78 is 22.9. The molecule has 0 radical (unpaired) electrons.